The first kappa shape index (κ1) is 25.6. The van der Waals surface area contributed by atoms with Crippen LogP contribution in [0.2, 0.25) is 0 Å². The van der Waals surface area contributed by atoms with Crippen LogP contribution < -0.4 is 4.72 Å². The minimum atomic E-state index is -0.524. The van der Waals surface area contributed by atoms with Crippen molar-refractivity contribution in [3.05, 3.63) is 70.0 Å². The summed E-state index contributed by atoms with van der Waals surface area (Å²) in [4.78, 5) is 14.4. The fourth-order valence-corrected chi connectivity index (χ4v) is 6.32. The number of nitrogens with zero attached hydrogens (tertiary/aromatic N) is 1. The second-order valence-corrected chi connectivity index (χ2v) is 11.4. The number of rotatable bonds is 9. The first-order chi connectivity index (χ1) is 17.3. The van der Waals surface area contributed by atoms with Crippen molar-refractivity contribution in [2.24, 2.45) is 11.3 Å². The number of carbonyl (C=O) groups excluding carboxylic acids is 1. The summed E-state index contributed by atoms with van der Waals surface area (Å²) in [5, 5.41) is 0. The first-order valence-electron chi connectivity index (χ1n) is 12.7. The molecular formula is C28H33F3N2O2S. The van der Waals surface area contributed by atoms with Gasteiger partial charge in [-0.3, -0.25) is 14.4 Å². The van der Waals surface area contributed by atoms with E-state index in [9.17, 15) is 18.0 Å². The molecule has 1 N–H and O–H groups in total. The molecule has 8 heteroatoms. The van der Waals surface area contributed by atoms with Gasteiger partial charge >= 0.3 is 0 Å². The molecule has 194 valence electrons. The van der Waals surface area contributed by atoms with Crippen LogP contribution in [-0.4, -0.2) is 36.8 Å². The number of nitrogens with one attached hydrogen (secondary N) is 1. The van der Waals surface area contributed by atoms with Crippen LogP contribution >= 0.6 is 11.9 Å². The lowest BCUT2D eigenvalue weighted by molar-refractivity contribution is -0.0540. The van der Waals surface area contributed by atoms with E-state index < -0.39 is 23.4 Å². The summed E-state index contributed by atoms with van der Waals surface area (Å²) in [6.07, 6.45) is 8.33. The summed E-state index contributed by atoms with van der Waals surface area (Å²) < 4.78 is 50.2. The molecule has 5 rings (SSSR count). The van der Waals surface area contributed by atoms with Crippen molar-refractivity contribution in [3.8, 4) is 0 Å². The third-order valence-electron chi connectivity index (χ3n) is 7.99. The molecule has 2 saturated carbocycles. The third kappa shape index (κ3) is 5.92. The maximum Gasteiger partial charge on any atom is 0.264 e. The molecular weight excluding hydrogens is 485 g/mol. The highest BCUT2D eigenvalue weighted by Crippen LogP contribution is 2.52. The number of ether oxygens (including phenoxy) is 1. The number of carbonyl (C=O) groups is 1. The molecule has 1 amide bonds. The number of likely N-dealkylation sites (tertiary alicyclic amines) is 1. The maximum absolute atomic E-state index is 14.6. The maximum atomic E-state index is 14.6. The average molecular weight is 519 g/mol. The monoisotopic (exact) mass is 518 g/mol. The molecule has 0 aromatic heterocycles. The van der Waals surface area contributed by atoms with E-state index in [-0.39, 0.29) is 5.56 Å². The van der Waals surface area contributed by atoms with Crippen LogP contribution in [0.25, 0.3) is 0 Å². The van der Waals surface area contributed by atoms with Crippen LogP contribution in [0.3, 0.4) is 0 Å². The van der Waals surface area contributed by atoms with E-state index in [0.29, 0.717) is 42.6 Å². The van der Waals surface area contributed by atoms with Crippen molar-refractivity contribution in [1.29, 1.82) is 0 Å². The molecule has 1 spiro atoms. The molecule has 2 aromatic carbocycles. The predicted octanol–water partition coefficient (Wildman–Crippen LogP) is 6.20. The molecule has 2 aromatic rings. The lowest BCUT2D eigenvalue weighted by Crippen LogP contribution is -2.47. The molecule has 3 fully saturated rings. The zero-order valence-electron chi connectivity index (χ0n) is 20.6. The quantitative estimate of drug-likeness (QED) is 0.402. The number of hydrogen-bond acceptors (Lipinski definition) is 4. The van der Waals surface area contributed by atoms with Crippen molar-refractivity contribution >= 4 is 17.9 Å². The number of hydrogen-bond donors (Lipinski definition) is 1. The first-order valence-corrected chi connectivity index (χ1v) is 14.0. The Morgan fingerprint density at radius 2 is 1.78 bits per heavy atom. The Morgan fingerprint density at radius 3 is 2.42 bits per heavy atom. The minimum absolute atomic E-state index is 0.102. The van der Waals surface area contributed by atoms with Gasteiger partial charge in [-0.2, -0.15) is 0 Å². The smallest absolute Gasteiger partial charge is 0.264 e. The summed E-state index contributed by atoms with van der Waals surface area (Å²) in [5.74, 6) is -1.04. The van der Waals surface area contributed by atoms with Gasteiger partial charge in [-0.1, -0.05) is 11.9 Å². The fourth-order valence-electron chi connectivity index (χ4n) is 6.02. The molecule has 0 unspecified atom stereocenters. The molecule has 36 heavy (non-hydrogen) atoms. The Morgan fingerprint density at radius 1 is 1.08 bits per heavy atom. The van der Waals surface area contributed by atoms with E-state index in [1.165, 1.54) is 18.2 Å². The van der Waals surface area contributed by atoms with Crippen LogP contribution in [0.15, 0.2) is 30.3 Å². The van der Waals surface area contributed by atoms with E-state index in [1.54, 1.807) is 12.3 Å². The van der Waals surface area contributed by atoms with Gasteiger partial charge in [0.2, 0.25) is 0 Å². The van der Waals surface area contributed by atoms with Crippen LogP contribution in [0.5, 0.6) is 0 Å². The summed E-state index contributed by atoms with van der Waals surface area (Å²) in [5.41, 5.74) is 3.04. The Hall–Kier alpha value is -2.03. The molecule has 2 aliphatic carbocycles. The minimum Gasteiger partial charge on any atom is -0.376 e. The van der Waals surface area contributed by atoms with Gasteiger partial charge in [0.1, 0.15) is 17.5 Å². The highest BCUT2D eigenvalue weighted by Gasteiger charge is 2.45. The largest absolute Gasteiger partial charge is 0.376 e. The van der Waals surface area contributed by atoms with Crippen molar-refractivity contribution in [2.75, 3.05) is 26.0 Å². The summed E-state index contributed by atoms with van der Waals surface area (Å²) in [6.45, 7) is 3.48. The standard InChI is InChI=1S/C28H33F3N2O2S/c1-36-32-27(34)25-12-24(20-2-3-20)21(10-26(25)31)17-35-16-19-13-28(14-19)4-6-33(7-5-28)15-18-8-22(29)11-23(30)9-18/h8-12,19-20H,2-7,13-17H2,1H3,(H,32,34). The second kappa shape index (κ2) is 10.8. The summed E-state index contributed by atoms with van der Waals surface area (Å²) in [7, 11) is 0. The summed E-state index contributed by atoms with van der Waals surface area (Å²) >= 11 is 1.16. The topological polar surface area (TPSA) is 41.6 Å². The van der Waals surface area contributed by atoms with E-state index in [1.807, 2.05) is 0 Å². The zero-order chi connectivity index (χ0) is 25.3. The normalized spacial score (nSPS) is 19.9. The van der Waals surface area contributed by atoms with Gasteiger partial charge in [0.15, 0.2) is 0 Å². The molecule has 4 nitrogen and oxygen atoms in total. The second-order valence-electron chi connectivity index (χ2n) is 10.8. The molecule has 0 radical (unpaired) electrons. The van der Waals surface area contributed by atoms with Gasteiger partial charge in [-0.15, -0.1) is 0 Å². The van der Waals surface area contributed by atoms with Crippen LogP contribution in [0, 0.1) is 28.8 Å². The van der Waals surface area contributed by atoms with E-state index in [4.69, 9.17) is 4.74 Å². The third-order valence-corrected chi connectivity index (χ3v) is 8.37. The van der Waals surface area contributed by atoms with E-state index in [0.717, 1.165) is 80.8 Å². The van der Waals surface area contributed by atoms with Gasteiger partial charge in [-0.25, -0.2) is 13.2 Å². The fraction of sp³-hybridized carbons (Fsp3) is 0.536. The average Bonchev–Trinajstić information content (AvgIpc) is 3.64. The van der Waals surface area contributed by atoms with Crippen molar-refractivity contribution in [2.45, 2.75) is 57.6 Å². The Labute approximate surface area is 215 Å². The van der Waals surface area contributed by atoms with Gasteiger partial charge < -0.3 is 4.74 Å². The van der Waals surface area contributed by atoms with Gasteiger partial charge in [-0.05, 0) is 110 Å². The molecule has 1 saturated heterocycles. The number of benzene rings is 2. The SMILES string of the molecule is CSNC(=O)c1cc(C2CC2)c(COCC2CC3(CCN(Cc4cc(F)cc(F)c4)CC3)C2)cc1F. The lowest BCUT2D eigenvalue weighted by Gasteiger charge is -2.52. The van der Waals surface area contributed by atoms with Gasteiger partial charge in [0, 0.05) is 25.5 Å². The van der Waals surface area contributed by atoms with Crippen LogP contribution in [0.1, 0.15) is 71.5 Å². The molecule has 3 aliphatic rings. The molecule has 1 aliphatic heterocycles. The van der Waals surface area contributed by atoms with Crippen LogP contribution in [0.4, 0.5) is 13.2 Å². The Bertz CT molecular complexity index is 1090. The Kier molecular flexibility index (Phi) is 7.65. The van der Waals surface area contributed by atoms with E-state index in [2.05, 4.69) is 9.62 Å². The van der Waals surface area contributed by atoms with E-state index >= 15 is 0 Å². The lowest BCUT2D eigenvalue weighted by atomic mass is 9.58. The predicted molar refractivity (Wildman–Crippen MR) is 135 cm³/mol. The number of halogens is 3. The van der Waals surface area contributed by atoms with Crippen molar-refractivity contribution in [3.63, 3.8) is 0 Å². The molecule has 0 bridgehead atoms. The highest BCUT2D eigenvalue weighted by molar-refractivity contribution is 7.97. The van der Waals surface area contributed by atoms with Crippen LogP contribution in [-0.2, 0) is 17.9 Å². The number of amides is 1. The van der Waals surface area contributed by atoms with Gasteiger partial charge in [0.05, 0.1) is 12.2 Å². The Balaban J connectivity index is 1.08. The molecule has 1 heterocycles. The molecule has 0 atom stereocenters. The number of piperidine rings is 1. The van der Waals surface area contributed by atoms with Gasteiger partial charge in [0.25, 0.3) is 5.91 Å². The van der Waals surface area contributed by atoms with Crippen molar-refractivity contribution < 1.29 is 22.7 Å². The van der Waals surface area contributed by atoms with Crippen molar-refractivity contribution in [1.82, 2.24) is 9.62 Å². The summed E-state index contributed by atoms with van der Waals surface area (Å²) in [6, 6.07) is 6.93. The highest BCUT2D eigenvalue weighted by atomic mass is 32.2. The zero-order valence-corrected chi connectivity index (χ0v) is 21.4.